The number of benzene rings is 1. The third kappa shape index (κ3) is 3.77. The number of methoxy groups -OCH3 is 1. The van der Waals surface area contributed by atoms with Crippen molar-refractivity contribution in [1.29, 1.82) is 0 Å². The van der Waals surface area contributed by atoms with E-state index in [9.17, 15) is 0 Å². The number of halogens is 1. The molecule has 0 atom stereocenters. The fourth-order valence-electron chi connectivity index (χ4n) is 1.16. The number of rotatable bonds is 5. The number of hydrogen-bond acceptors (Lipinski definition) is 3. The Kier molecular flexibility index (Phi) is 5.01. The van der Waals surface area contributed by atoms with E-state index in [1.807, 2.05) is 18.2 Å². The highest BCUT2D eigenvalue weighted by Crippen LogP contribution is 2.20. The molecular weight excluding hydrogens is 276 g/mol. The van der Waals surface area contributed by atoms with Gasteiger partial charge in [0, 0.05) is 29.4 Å². The van der Waals surface area contributed by atoms with Gasteiger partial charge < -0.3 is 15.8 Å². The van der Waals surface area contributed by atoms with E-state index in [4.69, 9.17) is 22.7 Å². The minimum absolute atomic E-state index is 0.385. The summed E-state index contributed by atoms with van der Waals surface area (Å²) in [5.41, 5.74) is 7.40. The average Bonchev–Trinajstić information content (AvgIpc) is 2.20. The molecule has 0 aliphatic heterocycles. The van der Waals surface area contributed by atoms with Gasteiger partial charge in [0.25, 0.3) is 0 Å². The fourth-order valence-corrected chi connectivity index (χ4v) is 1.69. The molecule has 1 aromatic rings. The summed E-state index contributed by atoms with van der Waals surface area (Å²) >= 11 is 8.35. The molecule has 15 heavy (non-hydrogen) atoms. The first-order valence-corrected chi connectivity index (χ1v) is 5.67. The van der Waals surface area contributed by atoms with Crippen LogP contribution >= 0.6 is 28.1 Å². The summed E-state index contributed by atoms with van der Waals surface area (Å²) in [6.07, 6.45) is 0. The monoisotopic (exact) mass is 288 g/mol. The molecule has 0 aliphatic carbocycles. The maximum Gasteiger partial charge on any atom is 0.106 e. The van der Waals surface area contributed by atoms with Crippen LogP contribution in [0.3, 0.4) is 0 Å². The van der Waals surface area contributed by atoms with Gasteiger partial charge >= 0.3 is 0 Å². The van der Waals surface area contributed by atoms with Crippen molar-refractivity contribution in [2.45, 2.75) is 0 Å². The second-order valence-corrected chi connectivity index (χ2v) is 4.33. The van der Waals surface area contributed by atoms with Crippen LogP contribution in [0.15, 0.2) is 22.7 Å². The second-order valence-electron chi connectivity index (χ2n) is 2.97. The van der Waals surface area contributed by atoms with Gasteiger partial charge in [0.2, 0.25) is 0 Å². The SMILES string of the molecule is COCCNc1ccc(Br)cc1C(N)=S. The van der Waals surface area contributed by atoms with Crippen LogP contribution in [0, 0.1) is 0 Å². The average molecular weight is 289 g/mol. The highest BCUT2D eigenvalue weighted by Gasteiger charge is 2.04. The van der Waals surface area contributed by atoms with Gasteiger partial charge in [0.15, 0.2) is 0 Å². The van der Waals surface area contributed by atoms with Crippen LogP contribution in [-0.4, -0.2) is 25.2 Å². The molecule has 0 spiro atoms. The maximum absolute atomic E-state index is 5.63. The number of anilines is 1. The Morgan fingerprint density at radius 2 is 2.33 bits per heavy atom. The maximum atomic E-state index is 5.63. The molecule has 0 unspecified atom stereocenters. The Hall–Kier alpha value is -0.650. The van der Waals surface area contributed by atoms with E-state index >= 15 is 0 Å². The summed E-state index contributed by atoms with van der Waals surface area (Å²) in [7, 11) is 1.66. The predicted molar refractivity (Wildman–Crippen MR) is 70.4 cm³/mol. The lowest BCUT2D eigenvalue weighted by Gasteiger charge is -2.11. The Morgan fingerprint density at radius 1 is 1.60 bits per heavy atom. The molecular formula is C10H13BrN2OS. The quantitative estimate of drug-likeness (QED) is 0.644. The molecule has 0 fully saturated rings. The van der Waals surface area contributed by atoms with Crippen molar-refractivity contribution in [1.82, 2.24) is 0 Å². The van der Waals surface area contributed by atoms with E-state index < -0.39 is 0 Å². The van der Waals surface area contributed by atoms with E-state index in [0.717, 1.165) is 22.3 Å². The number of thiocarbonyl (C=S) groups is 1. The van der Waals surface area contributed by atoms with E-state index in [2.05, 4.69) is 21.2 Å². The standard InChI is InChI=1S/C10H13BrN2OS/c1-14-5-4-13-9-3-2-7(11)6-8(9)10(12)15/h2-3,6,13H,4-5H2,1H3,(H2,12,15). The molecule has 3 nitrogen and oxygen atoms in total. The summed E-state index contributed by atoms with van der Waals surface area (Å²) in [4.78, 5) is 0.385. The van der Waals surface area contributed by atoms with Crippen molar-refractivity contribution in [3.8, 4) is 0 Å². The van der Waals surface area contributed by atoms with Gasteiger partial charge in [-0.15, -0.1) is 0 Å². The molecule has 0 saturated heterocycles. The van der Waals surface area contributed by atoms with Crippen LogP contribution in [0.1, 0.15) is 5.56 Å². The van der Waals surface area contributed by atoms with Gasteiger partial charge in [-0.25, -0.2) is 0 Å². The number of nitrogens with two attached hydrogens (primary N) is 1. The van der Waals surface area contributed by atoms with Gasteiger partial charge in [0.05, 0.1) is 6.61 Å². The topological polar surface area (TPSA) is 47.3 Å². The van der Waals surface area contributed by atoms with Crippen molar-refractivity contribution >= 4 is 38.8 Å². The van der Waals surface area contributed by atoms with Gasteiger partial charge in [-0.05, 0) is 18.2 Å². The molecule has 1 rings (SSSR count). The zero-order valence-electron chi connectivity index (χ0n) is 8.42. The number of ether oxygens (including phenoxy) is 1. The number of nitrogens with one attached hydrogen (secondary N) is 1. The molecule has 0 bridgehead atoms. The zero-order valence-corrected chi connectivity index (χ0v) is 10.8. The van der Waals surface area contributed by atoms with Gasteiger partial charge in [-0.1, -0.05) is 28.1 Å². The third-order valence-corrected chi connectivity index (χ3v) is 2.58. The summed E-state index contributed by atoms with van der Waals surface area (Å²) in [5, 5.41) is 3.21. The zero-order chi connectivity index (χ0) is 11.3. The van der Waals surface area contributed by atoms with E-state index in [1.54, 1.807) is 7.11 Å². The molecule has 82 valence electrons. The molecule has 5 heteroatoms. The Balaban J connectivity index is 2.81. The lowest BCUT2D eigenvalue weighted by atomic mass is 10.2. The van der Waals surface area contributed by atoms with Crippen LogP contribution in [0.5, 0.6) is 0 Å². The molecule has 0 heterocycles. The second kappa shape index (κ2) is 6.05. The largest absolute Gasteiger partial charge is 0.389 e. The van der Waals surface area contributed by atoms with Gasteiger partial charge in [-0.2, -0.15) is 0 Å². The van der Waals surface area contributed by atoms with E-state index in [0.29, 0.717) is 11.6 Å². The van der Waals surface area contributed by atoms with Crippen molar-refractivity contribution in [3.63, 3.8) is 0 Å². The van der Waals surface area contributed by atoms with Crippen molar-refractivity contribution < 1.29 is 4.74 Å². The van der Waals surface area contributed by atoms with Crippen LogP contribution < -0.4 is 11.1 Å². The lowest BCUT2D eigenvalue weighted by Crippen LogP contribution is -2.15. The first kappa shape index (κ1) is 12.4. The highest BCUT2D eigenvalue weighted by atomic mass is 79.9. The van der Waals surface area contributed by atoms with Crippen molar-refractivity contribution in [2.75, 3.05) is 25.6 Å². The van der Waals surface area contributed by atoms with E-state index in [-0.39, 0.29) is 0 Å². The van der Waals surface area contributed by atoms with E-state index in [1.165, 1.54) is 0 Å². The molecule has 0 amide bonds. The minimum atomic E-state index is 0.385. The molecule has 0 radical (unpaired) electrons. The first-order valence-electron chi connectivity index (χ1n) is 4.47. The molecule has 0 saturated carbocycles. The highest BCUT2D eigenvalue weighted by molar-refractivity contribution is 9.10. The molecule has 0 aromatic heterocycles. The van der Waals surface area contributed by atoms with Crippen LogP contribution in [-0.2, 0) is 4.74 Å². The molecule has 0 aliphatic rings. The van der Waals surface area contributed by atoms with Crippen LogP contribution in [0.25, 0.3) is 0 Å². The Morgan fingerprint density at radius 3 is 2.93 bits per heavy atom. The van der Waals surface area contributed by atoms with Gasteiger partial charge in [-0.3, -0.25) is 0 Å². The number of hydrogen-bond donors (Lipinski definition) is 2. The summed E-state index contributed by atoms with van der Waals surface area (Å²) in [5.74, 6) is 0. The normalized spacial score (nSPS) is 10.0. The summed E-state index contributed by atoms with van der Waals surface area (Å²) < 4.78 is 5.91. The first-order chi connectivity index (χ1) is 7.15. The van der Waals surface area contributed by atoms with Crippen molar-refractivity contribution in [3.05, 3.63) is 28.2 Å². The third-order valence-electron chi connectivity index (χ3n) is 1.87. The Bertz CT molecular complexity index is 357. The summed E-state index contributed by atoms with van der Waals surface area (Å²) in [6, 6.07) is 5.78. The predicted octanol–water partition coefficient (Wildman–Crippen LogP) is 2.14. The molecule has 1 aromatic carbocycles. The molecule has 3 N–H and O–H groups in total. The Labute approximate surface area is 103 Å². The fraction of sp³-hybridized carbons (Fsp3) is 0.300. The minimum Gasteiger partial charge on any atom is -0.389 e. The van der Waals surface area contributed by atoms with Gasteiger partial charge in [0.1, 0.15) is 4.99 Å². The van der Waals surface area contributed by atoms with Crippen molar-refractivity contribution in [2.24, 2.45) is 5.73 Å². The summed E-state index contributed by atoms with van der Waals surface area (Å²) in [6.45, 7) is 1.38. The smallest absolute Gasteiger partial charge is 0.106 e. The van der Waals surface area contributed by atoms with Crippen LogP contribution in [0.2, 0.25) is 0 Å². The lowest BCUT2D eigenvalue weighted by molar-refractivity contribution is 0.211. The van der Waals surface area contributed by atoms with Crippen LogP contribution in [0.4, 0.5) is 5.69 Å².